The van der Waals surface area contributed by atoms with Crippen LogP contribution < -0.4 is 5.73 Å². The predicted molar refractivity (Wildman–Crippen MR) is 45.9 cm³/mol. The van der Waals surface area contributed by atoms with E-state index in [1.807, 2.05) is 6.07 Å². The smallest absolute Gasteiger partial charge is 0.154 e. The zero-order chi connectivity index (χ0) is 8.55. The van der Waals surface area contributed by atoms with Crippen LogP contribution in [0.2, 0.25) is 0 Å². The lowest BCUT2D eigenvalue weighted by molar-refractivity contribution is 0.112. The van der Waals surface area contributed by atoms with E-state index in [0.717, 1.165) is 11.7 Å². The van der Waals surface area contributed by atoms with E-state index in [-0.39, 0.29) is 0 Å². The van der Waals surface area contributed by atoms with Gasteiger partial charge in [0.1, 0.15) is 0 Å². The van der Waals surface area contributed by atoms with Gasteiger partial charge in [-0.3, -0.25) is 9.89 Å². The number of aromatic amines is 1. The lowest BCUT2D eigenvalue weighted by atomic mass is 10.1. The molecule has 0 aliphatic heterocycles. The first-order valence-corrected chi connectivity index (χ1v) is 3.49. The number of nitrogen functional groups attached to an aromatic ring is 1. The number of carbonyl (C=O) groups excluding carboxylic acids is 1. The molecule has 2 aromatic rings. The molecule has 0 aliphatic rings. The molecule has 0 amide bonds. The molecule has 0 bridgehead atoms. The molecule has 1 aromatic carbocycles. The molecule has 0 radical (unpaired) electrons. The Hall–Kier alpha value is -1.84. The average Bonchev–Trinajstić information content (AvgIpc) is 2.52. The SMILES string of the molecule is Nc1ccc2cn[nH]c2c1C=O. The number of nitrogens with zero attached hydrogens (tertiary/aromatic N) is 1. The molecule has 0 atom stereocenters. The van der Waals surface area contributed by atoms with Crippen LogP contribution >= 0.6 is 0 Å². The number of nitrogens with two attached hydrogens (primary N) is 1. The van der Waals surface area contributed by atoms with Crippen molar-refractivity contribution < 1.29 is 4.79 Å². The topological polar surface area (TPSA) is 71.8 Å². The first-order chi connectivity index (χ1) is 5.83. The molecule has 0 aliphatic carbocycles. The van der Waals surface area contributed by atoms with E-state index < -0.39 is 0 Å². The lowest BCUT2D eigenvalue weighted by Crippen LogP contribution is -1.93. The Morgan fingerprint density at radius 1 is 1.50 bits per heavy atom. The lowest BCUT2D eigenvalue weighted by Gasteiger charge is -1.97. The van der Waals surface area contributed by atoms with Gasteiger partial charge in [-0.05, 0) is 12.1 Å². The van der Waals surface area contributed by atoms with Gasteiger partial charge < -0.3 is 5.73 Å². The number of carbonyl (C=O) groups is 1. The van der Waals surface area contributed by atoms with Gasteiger partial charge in [0.2, 0.25) is 0 Å². The van der Waals surface area contributed by atoms with Crippen LogP contribution in [0.3, 0.4) is 0 Å². The van der Waals surface area contributed by atoms with Gasteiger partial charge in [-0.15, -0.1) is 0 Å². The molecule has 1 aromatic heterocycles. The molecule has 0 saturated heterocycles. The molecule has 12 heavy (non-hydrogen) atoms. The standard InChI is InChI=1S/C8H7N3O/c9-7-2-1-5-3-10-11-8(5)6(7)4-12/h1-4H,9H2,(H,10,11). The summed E-state index contributed by atoms with van der Waals surface area (Å²) in [6, 6.07) is 3.52. The second-order valence-electron chi connectivity index (χ2n) is 2.52. The Balaban J connectivity index is 2.91. The number of H-pyrrole nitrogens is 1. The maximum Gasteiger partial charge on any atom is 0.154 e. The van der Waals surface area contributed by atoms with E-state index in [1.54, 1.807) is 12.3 Å². The number of anilines is 1. The van der Waals surface area contributed by atoms with Crippen molar-refractivity contribution in [3.8, 4) is 0 Å². The van der Waals surface area contributed by atoms with E-state index >= 15 is 0 Å². The van der Waals surface area contributed by atoms with Gasteiger partial charge in [-0.25, -0.2) is 0 Å². The third-order valence-electron chi connectivity index (χ3n) is 1.81. The molecule has 60 valence electrons. The molecule has 0 unspecified atom stereocenters. The molecule has 0 spiro atoms. The van der Waals surface area contributed by atoms with E-state index in [0.29, 0.717) is 16.8 Å². The molecular weight excluding hydrogens is 154 g/mol. The zero-order valence-electron chi connectivity index (χ0n) is 6.24. The van der Waals surface area contributed by atoms with E-state index in [2.05, 4.69) is 10.2 Å². The van der Waals surface area contributed by atoms with Gasteiger partial charge in [-0.2, -0.15) is 5.10 Å². The van der Waals surface area contributed by atoms with Crippen molar-refractivity contribution in [3.05, 3.63) is 23.9 Å². The Morgan fingerprint density at radius 3 is 3.08 bits per heavy atom. The first-order valence-electron chi connectivity index (χ1n) is 3.49. The minimum atomic E-state index is 0.474. The summed E-state index contributed by atoms with van der Waals surface area (Å²) in [6.45, 7) is 0. The monoisotopic (exact) mass is 161 g/mol. The van der Waals surface area contributed by atoms with Crippen LogP contribution in [-0.4, -0.2) is 16.5 Å². The number of aldehydes is 1. The van der Waals surface area contributed by atoms with Crippen LogP contribution in [0, 0.1) is 0 Å². The zero-order valence-corrected chi connectivity index (χ0v) is 6.24. The van der Waals surface area contributed by atoms with E-state index in [9.17, 15) is 4.79 Å². The van der Waals surface area contributed by atoms with Crippen molar-refractivity contribution in [1.82, 2.24) is 10.2 Å². The summed E-state index contributed by atoms with van der Waals surface area (Å²) in [5.41, 5.74) is 7.23. The quantitative estimate of drug-likeness (QED) is 0.483. The summed E-state index contributed by atoms with van der Waals surface area (Å²) in [5.74, 6) is 0. The molecule has 0 saturated carbocycles. The van der Waals surface area contributed by atoms with Gasteiger partial charge in [0, 0.05) is 11.1 Å². The molecule has 4 nitrogen and oxygen atoms in total. The summed E-state index contributed by atoms with van der Waals surface area (Å²) in [5, 5.41) is 7.42. The summed E-state index contributed by atoms with van der Waals surface area (Å²) in [7, 11) is 0. The van der Waals surface area contributed by atoms with Gasteiger partial charge in [0.05, 0.1) is 17.3 Å². The number of benzene rings is 1. The summed E-state index contributed by atoms with van der Waals surface area (Å²) < 4.78 is 0. The summed E-state index contributed by atoms with van der Waals surface area (Å²) in [4.78, 5) is 10.6. The normalized spacial score (nSPS) is 10.3. The molecular formula is C8H7N3O. The highest BCUT2D eigenvalue weighted by atomic mass is 16.1. The van der Waals surface area contributed by atoms with Gasteiger partial charge in [0.25, 0.3) is 0 Å². The molecule has 4 heteroatoms. The number of nitrogens with one attached hydrogen (secondary N) is 1. The fraction of sp³-hybridized carbons (Fsp3) is 0. The minimum absolute atomic E-state index is 0.474. The van der Waals surface area contributed by atoms with Crippen molar-refractivity contribution >= 4 is 22.9 Å². The number of rotatable bonds is 1. The van der Waals surface area contributed by atoms with Crippen molar-refractivity contribution in [2.75, 3.05) is 5.73 Å². The Kier molecular flexibility index (Phi) is 1.33. The van der Waals surface area contributed by atoms with Gasteiger partial charge in [-0.1, -0.05) is 0 Å². The highest BCUT2D eigenvalue weighted by Crippen LogP contribution is 2.19. The Labute approximate surface area is 68.4 Å². The number of hydrogen-bond acceptors (Lipinski definition) is 3. The maximum absolute atomic E-state index is 10.6. The fourth-order valence-electron chi connectivity index (χ4n) is 1.18. The average molecular weight is 161 g/mol. The van der Waals surface area contributed by atoms with E-state index in [4.69, 9.17) is 5.73 Å². The van der Waals surface area contributed by atoms with Crippen molar-refractivity contribution in [3.63, 3.8) is 0 Å². The van der Waals surface area contributed by atoms with Crippen LogP contribution in [0.4, 0.5) is 5.69 Å². The van der Waals surface area contributed by atoms with Crippen molar-refractivity contribution in [2.45, 2.75) is 0 Å². The van der Waals surface area contributed by atoms with Crippen LogP contribution in [0.1, 0.15) is 10.4 Å². The van der Waals surface area contributed by atoms with Crippen LogP contribution in [-0.2, 0) is 0 Å². The Morgan fingerprint density at radius 2 is 2.33 bits per heavy atom. The molecule has 2 rings (SSSR count). The minimum Gasteiger partial charge on any atom is -0.398 e. The summed E-state index contributed by atoms with van der Waals surface area (Å²) >= 11 is 0. The van der Waals surface area contributed by atoms with Crippen LogP contribution in [0.5, 0.6) is 0 Å². The van der Waals surface area contributed by atoms with Crippen LogP contribution in [0.15, 0.2) is 18.3 Å². The summed E-state index contributed by atoms with van der Waals surface area (Å²) in [6.07, 6.45) is 2.39. The van der Waals surface area contributed by atoms with Crippen molar-refractivity contribution in [1.29, 1.82) is 0 Å². The third-order valence-corrected chi connectivity index (χ3v) is 1.81. The fourth-order valence-corrected chi connectivity index (χ4v) is 1.18. The first kappa shape index (κ1) is 6.84. The van der Waals surface area contributed by atoms with E-state index in [1.165, 1.54) is 0 Å². The second-order valence-corrected chi connectivity index (χ2v) is 2.52. The molecule has 0 fully saturated rings. The van der Waals surface area contributed by atoms with Gasteiger partial charge >= 0.3 is 0 Å². The second kappa shape index (κ2) is 2.34. The van der Waals surface area contributed by atoms with Crippen LogP contribution in [0.25, 0.3) is 10.9 Å². The molecule has 3 N–H and O–H groups in total. The number of hydrogen-bond donors (Lipinski definition) is 2. The number of fused-ring (bicyclic) bond motifs is 1. The predicted octanol–water partition coefficient (Wildman–Crippen LogP) is 0.958. The molecule has 1 heterocycles. The van der Waals surface area contributed by atoms with Crippen molar-refractivity contribution in [2.24, 2.45) is 0 Å². The Bertz CT molecular complexity index is 433. The third kappa shape index (κ3) is 0.780. The van der Waals surface area contributed by atoms with Gasteiger partial charge in [0.15, 0.2) is 6.29 Å². The number of aromatic nitrogens is 2. The largest absolute Gasteiger partial charge is 0.398 e. The highest BCUT2D eigenvalue weighted by Gasteiger charge is 2.04. The maximum atomic E-state index is 10.6. The highest BCUT2D eigenvalue weighted by molar-refractivity contribution is 6.00.